The third kappa shape index (κ3) is 4.03. The minimum Gasteiger partial charge on any atom is -0.497 e. The van der Waals surface area contributed by atoms with E-state index in [1.54, 1.807) is 7.11 Å². The van der Waals surface area contributed by atoms with Crippen LogP contribution in [0.3, 0.4) is 0 Å². The molecular weight excluding hydrogens is 290 g/mol. The van der Waals surface area contributed by atoms with Crippen LogP contribution < -0.4 is 15.8 Å². The Labute approximate surface area is 138 Å². The number of nitrogens with two attached hydrogens (primary N) is 1. The Morgan fingerprint density at radius 1 is 1.39 bits per heavy atom. The van der Waals surface area contributed by atoms with Crippen LogP contribution in [0.25, 0.3) is 0 Å². The van der Waals surface area contributed by atoms with Gasteiger partial charge in [-0.1, -0.05) is 18.6 Å². The summed E-state index contributed by atoms with van der Waals surface area (Å²) >= 11 is 0. The fourth-order valence-corrected chi connectivity index (χ4v) is 3.98. The van der Waals surface area contributed by atoms with Crippen LogP contribution in [0.2, 0.25) is 0 Å². The minimum absolute atomic E-state index is 0.0834. The van der Waals surface area contributed by atoms with Crippen molar-refractivity contribution in [2.75, 3.05) is 26.7 Å². The molecule has 1 aliphatic heterocycles. The molecule has 126 valence electrons. The number of ether oxygens (including phenoxy) is 1. The molecule has 1 heterocycles. The molecule has 1 saturated heterocycles. The van der Waals surface area contributed by atoms with Gasteiger partial charge in [-0.25, -0.2) is 0 Å². The van der Waals surface area contributed by atoms with E-state index in [1.807, 2.05) is 24.3 Å². The zero-order valence-corrected chi connectivity index (χ0v) is 13.8. The number of fused-ring (bicyclic) bond motifs is 1. The Morgan fingerprint density at radius 3 is 3.04 bits per heavy atom. The second kappa shape index (κ2) is 7.32. The van der Waals surface area contributed by atoms with E-state index in [2.05, 4.69) is 10.2 Å². The van der Waals surface area contributed by atoms with E-state index in [1.165, 1.54) is 12.8 Å². The van der Waals surface area contributed by atoms with E-state index in [9.17, 15) is 4.79 Å². The standard InChI is InChI=1S/C18H27N3O2/c1-23-15-6-2-4-13(8-15)9-20-18(22)12-21-10-14-5-3-7-17(19)16(14)11-21/h2,4,6,8,14,16-17H,3,5,7,9-12,19H2,1H3,(H,20,22). The number of nitrogens with one attached hydrogen (secondary N) is 1. The number of nitrogens with zero attached hydrogens (tertiary/aromatic N) is 1. The molecule has 5 heteroatoms. The Hall–Kier alpha value is -1.59. The highest BCUT2D eigenvalue weighted by Gasteiger charge is 2.38. The highest BCUT2D eigenvalue weighted by Crippen LogP contribution is 2.35. The number of amides is 1. The maximum absolute atomic E-state index is 12.2. The van der Waals surface area contributed by atoms with E-state index in [0.717, 1.165) is 30.8 Å². The summed E-state index contributed by atoms with van der Waals surface area (Å²) in [4.78, 5) is 14.5. The average Bonchev–Trinajstić information content (AvgIpc) is 2.97. The molecule has 2 aliphatic rings. The zero-order chi connectivity index (χ0) is 16.2. The van der Waals surface area contributed by atoms with E-state index in [-0.39, 0.29) is 5.91 Å². The van der Waals surface area contributed by atoms with Gasteiger partial charge in [-0.2, -0.15) is 0 Å². The SMILES string of the molecule is COc1cccc(CNC(=O)CN2CC3CCCC(N)C3C2)c1. The summed E-state index contributed by atoms with van der Waals surface area (Å²) in [5.74, 6) is 2.16. The van der Waals surface area contributed by atoms with Crippen LogP contribution in [-0.2, 0) is 11.3 Å². The van der Waals surface area contributed by atoms with Crippen LogP contribution in [0.15, 0.2) is 24.3 Å². The molecule has 5 nitrogen and oxygen atoms in total. The summed E-state index contributed by atoms with van der Waals surface area (Å²) in [7, 11) is 1.65. The smallest absolute Gasteiger partial charge is 0.234 e. The quantitative estimate of drug-likeness (QED) is 0.861. The Balaban J connectivity index is 1.46. The second-order valence-electron chi connectivity index (χ2n) is 6.84. The van der Waals surface area contributed by atoms with Crippen molar-refractivity contribution in [1.29, 1.82) is 0 Å². The second-order valence-corrected chi connectivity index (χ2v) is 6.84. The summed E-state index contributed by atoms with van der Waals surface area (Å²) < 4.78 is 5.20. The van der Waals surface area contributed by atoms with Crippen molar-refractivity contribution in [3.63, 3.8) is 0 Å². The lowest BCUT2D eigenvalue weighted by molar-refractivity contribution is -0.122. The lowest BCUT2D eigenvalue weighted by atomic mass is 9.78. The number of rotatable bonds is 5. The first-order valence-electron chi connectivity index (χ1n) is 8.53. The van der Waals surface area contributed by atoms with Crippen LogP contribution >= 0.6 is 0 Å². The fourth-order valence-electron chi connectivity index (χ4n) is 3.98. The predicted octanol–water partition coefficient (Wildman–Crippen LogP) is 1.37. The predicted molar refractivity (Wildman–Crippen MR) is 90.1 cm³/mol. The number of likely N-dealkylation sites (tertiary alicyclic amines) is 1. The maximum Gasteiger partial charge on any atom is 0.234 e. The highest BCUT2D eigenvalue weighted by atomic mass is 16.5. The van der Waals surface area contributed by atoms with Gasteiger partial charge in [0.1, 0.15) is 5.75 Å². The van der Waals surface area contributed by atoms with Gasteiger partial charge in [0.15, 0.2) is 0 Å². The molecule has 3 atom stereocenters. The molecule has 1 aromatic carbocycles. The topological polar surface area (TPSA) is 67.6 Å². The van der Waals surface area contributed by atoms with Gasteiger partial charge in [0.25, 0.3) is 0 Å². The zero-order valence-electron chi connectivity index (χ0n) is 13.8. The molecule has 0 bridgehead atoms. The highest BCUT2D eigenvalue weighted by molar-refractivity contribution is 5.78. The molecule has 23 heavy (non-hydrogen) atoms. The Bertz CT molecular complexity index is 549. The first-order chi connectivity index (χ1) is 11.2. The number of hydrogen-bond acceptors (Lipinski definition) is 4. The minimum atomic E-state index is 0.0834. The third-order valence-electron chi connectivity index (χ3n) is 5.22. The Kier molecular flexibility index (Phi) is 5.18. The lowest BCUT2D eigenvalue weighted by Crippen LogP contribution is -2.39. The molecule has 0 aromatic heterocycles. The number of methoxy groups -OCH3 is 1. The first kappa shape index (κ1) is 16.3. The van der Waals surface area contributed by atoms with Gasteiger partial charge >= 0.3 is 0 Å². The molecule has 1 saturated carbocycles. The number of carbonyl (C=O) groups excluding carboxylic acids is 1. The number of benzene rings is 1. The van der Waals surface area contributed by atoms with Crippen molar-refractivity contribution in [1.82, 2.24) is 10.2 Å². The normalized spacial score (nSPS) is 27.5. The maximum atomic E-state index is 12.2. The van der Waals surface area contributed by atoms with Crippen molar-refractivity contribution < 1.29 is 9.53 Å². The van der Waals surface area contributed by atoms with Crippen LogP contribution in [0, 0.1) is 11.8 Å². The van der Waals surface area contributed by atoms with Gasteiger partial charge in [0, 0.05) is 25.7 Å². The van der Waals surface area contributed by atoms with E-state index in [0.29, 0.717) is 31.0 Å². The van der Waals surface area contributed by atoms with Crippen molar-refractivity contribution in [3.05, 3.63) is 29.8 Å². The molecule has 3 N–H and O–H groups in total. The van der Waals surface area contributed by atoms with Gasteiger partial charge in [-0.05, 0) is 42.4 Å². The summed E-state index contributed by atoms with van der Waals surface area (Å²) in [6.07, 6.45) is 3.63. The van der Waals surface area contributed by atoms with E-state index < -0.39 is 0 Å². The van der Waals surface area contributed by atoms with Crippen molar-refractivity contribution >= 4 is 5.91 Å². The van der Waals surface area contributed by atoms with Crippen LogP contribution in [0.1, 0.15) is 24.8 Å². The van der Waals surface area contributed by atoms with Gasteiger partial charge in [0.05, 0.1) is 13.7 Å². The van der Waals surface area contributed by atoms with Crippen molar-refractivity contribution in [2.24, 2.45) is 17.6 Å². The molecule has 1 aliphatic carbocycles. The molecule has 3 unspecified atom stereocenters. The van der Waals surface area contributed by atoms with Gasteiger partial charge in [0.2, 0.25) is 5.91 Å². The van der Waals surface area contributed by atoms with E-state index >= 15 is 0 Å². The monoisotopic (exact) mass is 317 g/mol. The third-order valence-corrected chi connectivity index (χ3v) is 5.22. The first-order valence-corrected chi connectivity index (χ1v) is 8.53. The van der Waals surface area contributed by atoms with E-state index in [4.69, 9.17) is 10.5 Å². The van der Waals surface area contributed by atoms with Gasteiger partial charge in [-0.15, -0.1) is 0 Å². The summed E-state index contributed by atoms with van der Waals surface area (Å²) in [6, 6.07) is 8.10. The summed E-state index contributed by atoms with van der Waals surface area (Å²) in [5.41, 5.74) is 7.29. The van der Waals surface area contributed by atoms with Crippen molar-refractivity contribution in [2.45, 2.75) is 31.8 Å². The van der Waals surface area contributed by atoms with Gasteiger partial charge < -0.3 is 15.8 Å². The average molecular weight is 317 g/mol. The van der Waals surface area contributed by atoms with Crippen LogP contribution in [0.4, 0.5) is 0 Å². The number of carbonyl (C=O) groups is 1. The fraction of sp³-hybridized carbons (Fsp3) is 0.611. The van der Waals surface area contributed by atoms with Crippen molar-refractivity contribution in [3.8, 4) is 5.75 Å². The molecule has 1 aromatic rings. The van der Waals surface area contributed by atoms with Crippen LogP contribution in [0.5, 0.6) is 5.75 Å². The van der Waals surface area contributed by atoms with Gasteiger partial charge in [-0.3, -0.25) is 9.69 Å². The molecule has 2 fully saturated rings. The number of hydrogen-bond donors (Lipinski definition) is 2. The molecular formula is C18H27N3O2. The largest absolute Gasteiger partial charge is 0.497 e. The molecule has 3 rings (SSSR count). The summed E-state index contributed by atoms with van der Waals surface area (Å²) in [5, 5.41) is 3.00. The lowest BCUT2D eigenvalue weighted by Gasteiger charge is -2.29. The molecule has 0 spiro atoms. The Morgan fingerprint density at radius 2 is 2.26 bits per heavy atom. The van der Waals surface area contributed by atoms with Crippen LogP contribution in [-0.4, -0.2) is 43.6 Å². The summed E-state index contributed by atoms with van der Waals surface area (Å²) in [6.45, 7) is 3.00. The molecule has 0 radical (unpaired) electrons. The molecule has 1 amide bonds.